The van der Waals surface area contributed by atoms with Gasteiger partial charge in [-0.3, -0.25) is 0 Å². The van der Waals surface area contributed by atoms with Gasteiger partial charge in [-0.1, -0.05) is 17.7 Å². The Labute approximate surface area is 132 Å². The van der Waals surface area contributed by atoms with Gasteiger partial charge >= 0.3 is 0 Å². The second-order valence-corrected chi connectivity index (χ2v) is 7.23. The van der Waals surface area contributed by atoms with Gasteiger partial charge in [-0.25, -0.2) is 4.98 Å². The lowest BCUT2D eigenvalue weighted by molar-refractivity contribution is 0.750. The van der Waals surface area contributed by atoms with E-state index in [9.17, 15) is 0 Å². The fourth-order valence-corrected chi connectivity index (χ4v) is 3.67. The van der Waals surface area contributed by atoms with Crippen molar-refractivity contribution >= 4 is 45.6 Å². The molecule has 0 spiro atoms. The minimum Gasteiger partial charge on any atom is -0.320 e. The van der Waals surface area contributed by atoms with Gasteiger partial charge in [0.25, 0.3) is 0 Å². The standard InChI is InChI=1S/C15H14Cl2N2S/c1-9-6-7-11(20-9)8-19-14-12(17)4-3-5-13(14)18-15(19)10(2)16/h3-7,10H,8H2,1-2H3. The normalized spacial score (nSPS) is 13.0. The van der Waals surface area contributed by atoms with Gasteiger partial charge in [-0.05, 0) is 38.1 Å². The van der Waals surface area contributed by atoms with E-state index in [1.165, 1.54) is 9.75 Å². The quantitative estimate of drug-likeness (QED) is 0.589. The van der Waals surface area contributed by atoms with Crippen molar-refractivity contribution in [3.05, 3.63) is 50.9 Å². The van der Waals surface area contributed by atoms with Crippen LogP contribution in [0, 0.1) is 6.92 Å². The second-order valence-electron chi connectivity index (χ2n) is 4.79. The summed E-state index contributed by atoms with van der Waals surface area (Å²) < 4.78 is 2.13. The molecular weight excluding hydrogens is 311 g/mol. The van der Waals surface area contributed by atoms with Crippen molar-refractivity contribution in [1.29, 1.82) is 0 Å². The molecule has 3 aromatic rings. The molecule has 0 N–H and O–H groups in total. The molecule has 0 aliphatic carbocycles. The second kappa shape index (κ2) is 5.40. The van der Waals surface area contributed by atoms with Crippen molar-refractivity contribution in [1.82, 2.24) is 9.55 Å². The summed E-state index contributed by atoms with van der Waals surface area (Å²) in [6.45, 7) is 4.80. The molecular formula is C15H14Cl2N2S. The zero-order valence-corrected chi connectivity index (χ0v) is 13.6. The number of rotatable bonds is 3. The Hall–Kier alpha value is -1.03. The van der Waals surface area contributed by atoms with Crippen LogP contribution in [0.2, 0.25) is 5.02 Å². The SMILES string of the molecule is Cc1ccc(Cn2c(C(C)Cl)nc3cccc(Cl)c32)s1. The molecule has 0 saturated heterocycles. The molecule has 2 nitrogen and oxygen atoms in total. The molecule has 5 heteroatoms. The molecule has 1 atom stereocenters. The first-order valence-electron chi connectivity index (χ1n) is 6.40. The third-order valence-corrected chi connectivity index (χ3v) is 4.70. The van der Waals surface area contributed by atoms with E-state index in [1.54, 1.807) is 11.3 Å². The highest BCUT2D eigenvalue weighted by Crippen LogP contribution is 2.30. The highest BCUT2D eigenvalue weighted by Gasteiger charge is 2.17. The number of imidazole rings is 1. The Balaban J connectivity index is 2.18. The van der Waals surface area contributed by atoms with Gasteiger partial charge < -0.3 is 4.57 Å². The van der Waals surface area contributed by atoms with Crippen LogP contribution in [0.3, 0.4) is 0 Å². The number of halogens is 2. The van der Waals surface area contributed by atoms with Gasteiger partial charge in [-0.2, -0.15) is 0 Å². The number of hydrogen-bond donors (Lipinski definition) is 0. The predicted molar refractivity (Wildman–Crippen MR) is 87.2 cm³/mol. The maximum Gasteiger partial charge on any atom is 0.128 e. The van der Waals surface area contributed by atoms with Gasteiger partial charge in [0.05, 0.1) is 28.0 Å². The van der Waals surface area contributed by atoms with Crippen LogP contribution in [0.15, 0.2) is 30.3 Å². The van der Waals surface area contributed by atoms with E-state index in [0.29, 0.717) is 5.02 Å². The fraction of sp³-hybridized carbons (Fsp3) is 0.267. The largest absolute Gasteiger partial charge is 0.320 e. The van der Waals surface area contributed by atoms with Crippen LogP contribution in [-0.4, -0.2) is 9.55 Å². The maximum absolute atomic E-state index is 6.35. The third kappa shape index (κ3) is 2.46. The van der Waals surface area contributed by atoms with Gasteiger partial charge in [-0.15, -0.1) is 22.9 Å². The summed E-state index contributed by atoms with van der Waals surface area (Å²) in [4.78, 5) is 7.21. The summed E-state index contributed by atoms with van der Waals surface area (Å²) in [5.41, 5.74) is 1.86. The zero-order chi connectivity index (χ0) is 14.3. The molecule has 0 amide bonds. The minimum absolute atomic E-state index is 0.153. The number of benzene rings is 1. The topological polar surface area (TPSA) is 17.8 Å². The monoisotopic (exact) mass is 324 g/mol. The van der Waals surface area contributed by atoms with E-state index in [1.807, 2.05) is 25.1 Å². The van der Waals surface area contributed by atoms with Crippen molar-refractivity contribution in [3.63, 3.8) is 0 Å². The number of nitrogens with zero attached hydrogens (tertiary/aromatic N) is 2. The lowest BCUT2D eigenvalue weighted by Gasteiger charge is -2.10. The Morgan fingerprint density at radius 3 is 2.75 bits per heavy atom. The van der Waals surface area contributed by atoms with E-state index in [-0.39, 0.29) is 5.38 Å². The van der Waals surface area contributed by atoms with Crippen molar-refractivity contribution in [2.75, 3.05) is 0 Å². The van der Waals surface area contributed by atoms with Crippen LogP contribution < -0.4 is 0 Å². The summed E-state index contributed by atoms with van der Waals surface area (Å²) in [6.07, 6.45) is 0. The Kier molecular flexibility index (Phi) is 3.76. The molecule has 104 valence electrons. The zero-order valence-electron chi connectivity index (χ0n) is 11.2. The number of aromatic nitrogens is 2. The lowest BCUT2D eigenvalue weighted by Crippen LogP contribution is -2.05. The van der Waals surface area contributed by atoms with E-state index in [4.69, 9.17) is 23.2 Å². The molecule has 0 aliphatic rings. The number of aryl methyl sites for hydroxylation is 1. The first-order valence-corrected chi connectivity index (χ1v) is 8.03. The van der Waals surface area contributed by atoms with Crippen LogP contribution >= 0.6 is 34.5 Å². The summed E-state index contributed by atoms with van der Waals surface area (Å²) in [5.74, 6) is 0.862. The summed E-state index contributed by atoms with van der Waals surface area (Å²) in [7, 11) is 0. The lowest BCUT2D eigenvalue weighted by atomic mass is 10.3. The van der Waals surface area contributed by atoms with Gasteiger partial charge in [0.15, 0.2) is 0 Å². The van der Waals surface area contributed by atoms with Crippen LogP contribution in [0.5, 0.6) is 0 Å². The molecule has 0 radical (unpaired) electrons. The van der Waals surface area contributed by atoms with E-state index in [2.05, 4.69) is 28.6 Å². The number of alkyl halides is 1. The molecule has 1 aromatic carbocycles. The summed E-state index contributed by atoms with van der Waals surface area (Å²) in [6, 6.07) is 10.1. The first-order chi connectivity index (χ1) is 9.56. The van der Waals surface area contributed by atoms with Gasteiger partial charge in [0, 0.05) is 9.75 Å². The molecule has 0 aliphatic heterocycles. The highest BCUT2D eigenvalue weighted by atomic mass is 35.5. The molecule has 0 bridgehead atoms. The number of para-hydroxylation sites is 1. The summed E-state index contributed by atoms with van der Waals surface area (Å²) >= 11 is 14.4. The smallest absolute Gasteiger partial charge is 0.128 e. The number of hydrogen-bond acceptors (Lipinski definition) is 2. The van der Waals surface area contributed by atoms with Crippen LogP contribution in [0.25, 0.3) is 11.0 Å². The maximum atomic E-state index is 6.35. The first kappa shape index (κ1) is 13.9. The number of fused-ring (bicyclic) bond motifs is 1. The Bertz CT molecular complexity index is 758. The van der Waals surface area contributed by atoms with Crippen molar-refractivity contribution in [2.24, 2.45) is 0 Å². The molecule has 0 fully saturated rings. The average molecular weight is 325 g/mol. The number of thiophene rings is 1. The molecule has 2 heterocycles. The fourth-order valence-electron chi connectivity index (χ4n) is 2.35. The van der Waals surface area contributed by atoms with E-state index >= 15 is 0 Å². The molecule has 2 aromatic heterocycles. The van der Waals surface area contributed by atoms with E-state index in [0.717, 1.165) is 23.4 Å². The average Bonchev–Trinajstić information content (AvgIpc) is 2.95. The molecule has 3 rings (SSSR count). The van der Waals surface area contributed by atoms with Crippen molar-refractivity contribution < 1.29 is 0 Å². The highest BCUT2D eigenvalue weighted by molar-refractivity contribution is 7.11. The van der Waals surface area contributed by atoms with Crippen molar-refractivity contribution in [3.8, 4) is 0 Å². The molecule has 20 heavy (non-hydrogen) atoms. The van der Waals surface area contributed by atoms with E-state index < -0.39 is 0 Å². The van der Waals surface area contributed by atoms with Gasteiger partial charge in [0.2, 0.25) is 0 Å². The molecule has 0 saturated carbocycles. The molecule has 1 unspecified atom stereocenters. The summed E-state index contributed by atoms with van der Waals surface area (Å²) in [5, 5.41) is 0.561. The van der Waals surface area contributed by atoms with Crippen molar-refractivity contribution in [2.45, 2.75) is 25.8 Å². The Morgan fingerprint density at radius 1 is 1.30 bits per heavy atom. The Morgan fingerprint density at radius 2 is 2.10 bits per heavy atom. The minimum atomic E-state index is -0.153. The van der Waals surface area contributed by atoms with Crippen LogP contribution in [0.4, 0.5) is 0 Å². The van der Waals surface area contributed by atoms with Crippen LogP contribution in [-0.2, 0) is 6.54 Å². The van der Waals surface area contributed by atoms with Gasteiger partial charge in [0.1, 0.15) is 5.82 Å². The predicted octanol–water partition coefficient (Wildman–Crippen LogP) is 5.41. The third-order valence-electron chi connectivity index (χ3n) is 3.21. The van der Waals surface area contributed by atoms with Crippen LogP contribution in [0.1, 0.15) is 27.9 Å².